The standard InChI is InChI=1S/C15H16F3NO3/c16-15(17,18)10-4-1-3-9(7-10)11-8-12(11)14(22)19-6-2-5-13(20)21/h1,3-4,7,11-12H,2,5-6,8H2,(H,19,22)(H,20,21). The van der Waals surface area contributed by atoms with Crippen LogP contribution in [0.15, 0.2) is 24.3 Å². The van der Waals surface area contributed by atoms with Gasteiger partial charge in [0.1, 0.15) is 0 Å². The van der Waals surface area contributed by atoms with Crippen LogP contribution >= 0.6 is 0 Å². The number of halogens is 3. The first-order valence-electron chi connectivity index (χ1n) is 6.95. The SMILES string of the molecule is O=C(O)CCCNC(=O)C1CC1c1cccc(C(F)(F)F)c1. The van der Waals surface area contributed by atoms with Gasteiger partial charge in [0.15, 0.2) is 0 Å². The molecule has 2 rings (SSSR count). The van der Waals surface area contributed by atoms with Gasteiger partial charge in [-0.2, -0.15) is 13.2 Å². The molecule has 0 heterocycles. The second kappa shape index (κ2) is 6.37. The molecule has 0 bridgehead atoms. The predicted octanol–water partition coefficient (Wildman–Crippen LogP) is 2.79. The van der Waals surface area contributed by atoms with Crippen LogP contribution in [-0.4, -0.2) is 23.5 Å². The van der Waals surface area contributed by atoms with E-state index < -0.39 is 17.7 Å². The lowest BCUT2D eigenvalue weighted by Gasteiger charge is -2.08. The molecule has 2 N–H and O–H groups in total. The highest BCUT2D eigenvalue weighted by atomic mass is 19.4. The summed E-state index contributed by atoms with van der Waals surface area (Å²) < 4.78 is 38.0. The zero-order chi connectivity index (χ0) is 16.3. The van der Waals surface area contributed by atoms with Crippen molar-refractivity contribution in [3.63, 3.8) is 0 Å². The van der Waals surface area contributed by atoms with Gasteiger partial charge in [-0.3, -0.25) is 9.59 Å². The van der Waals surface area contributed by atoms with Crippen molar-refractivity contribution in [3.05, 3.63) is 35.4 Å². The van der Waals surface area contributed by atoms with Crippen molar-refractivity contribution in [3.8, 4) is 0 Å². The highest BCUT2D eigenvalue weighted by Crippen LogP contribution is 2.48. The molecule has 1 amide bonds. The summed E-state index contributed by atoms with van der Waals surface area (Å²) >= 11 is 0. The second-order valence-corrected chi connectivity index (χ2v) is 5.36. The number of carbonyl (C=O) groups excluding carboxylic acids is 1. The Hall–Kier alpha value is -2.05. The van der Waals surface area contributed by atoms with E-state index >= 15 is 0 Å². The maximum Gasteiger partial charge on any atom is 0.416 e. The first-order valence-corrected chi connectivity index (χ1v) is 6.95. The van der Waals surface area contributed by atoms with Gasteiger partial charge in [0.25, 0.3) is 0 Å². The monoisotopic (exact) mass is 315 g/mol. The number of alkyl halides is 3. The van der Waals surface area contributed by atoms with E-state index in [9.17, 15) is 22.8 Å². The van der Waals surface area contributed by atoms with Gasteiger partial charge in [0.05, 0.1) is 5.56 Å². The third-order valence-corrected chi connectivity index (χ3v) is 3.64. The van der Waals surface area contributed by atoms with Gasteiger partial charge in [-0.15, -0.1) is 0 Å². The maximum absolute atomic E-state index is 12.7. The maximum atomic E-state index is 12.7. The molecular formula is C15H16F3NO3. The lowest BCUT2D eigenvalue weighted by atomic mass is 10.1. The molecule has 1 saturated carbocycles. The summed E-state index contributed by atoms with van der Waals surface area (Å²) in [5.41, 5.74) is -0.196. The van der Waals surface area contributed by atoms with E-state index in [1.54, 1.807) is 6.07 Å². The Morgan fingerprint density at radius 1 is 1.32 bits per heavy atom. The minimum atomic E-state index is -4.39. The van der Waals surface area contributed by atoms with Gasteiger partial charge in [-0.25, -0.2) is 0 Å². The number of carbonyl (C=O) groups is 2. The van der Waals surface area contributed by atoms with Crippen LogP contribution in [0.25, 0.3) is 0 Å². The van der Waals surface area contributed by atoms with Crippen LogP contribution < -0.4 is 5.32 Å². The summed E-state index contributed by atoms with van der Waals surface area (Å²) in [6, 6.07) is 5.03. The van der Waals surface area contributed by atoms with Crippen molar-refractivity contribution >= 4 is 11.9 Å². The lowest BCUT2D eigenvalue weighted by Crippen LogP contribution is -2.26. The van der Waals surface area contributed by atoms with Crippen molar-refractivity contribution in [1.82, 2.24) is 5.32 Å². The van der Waals surface area contributed by atoms with Crippen molar-refractivity contribution in [2.24, 2.45) is 5.92 Å². The quantitative estimate of drug-likeness (QED) is 0.793. The number of benzene rings is 1. The highest BCUT2D eigenvalue weighted by Gasteiger charge is 2.44. The summed E-state index contributed by atoms with van der Waals surface area (Å²) in [5, 5.41) is 11.1. The normalized spacial score (nSPS) is 20.5. The molecule has 2 atom stereocenters. The Morgan fingerprint density at radius 2 is 2.05 bits per heavy atom. The number of rotatable bonds is 6. The van der Waals surface area contributed by atoms with Gasteiger partial charge < -0.3 is 10.4 Å². The highest BCUT2D eigenvalue weighted by molar-refractivity contribution is 5.82. The fourth-order valence-electron chi connectivity index (χ4n) is 2.38. The minimum Gasteiger partial charge on any atom is -0.481 e. The fourth-order valence-corrected chi connectivity index (χ4v) is 2.38. The van der Waals surface area contributed by atoms with E-state index in [-0.39, 0.29) is 30.7 Å². The summed E-state index contributed by atoms with van der Waals surface area (Å²) in [5.74, 6) is -1.68. The molecule has 2 unspecified atom stereocenters. The molecular weight excluding hydrogens is 299 g/mol. The summed E-state index contributed by atoms with van der Waals surface area (Å²) in [4.78, 5) is 22.2. The number of carboxylic acid groups (broad SMARTS) is 1. The van der Waals surface area contributed by atoms with E-state index in [0.29, 0.717) is 18.4 Å². The molecule has 0 aliphatic heterocycles. The third-order valence-electron chi connectivity index (χ3n) is 3.64. The Balaban J connectivity index is 1.87. The average Bonchev–Trinajstić information content (AvgIpc) is 3.23. The lowest BCUT2D eigenvalue weighted by molar-refractivity contribution is -0.138. The van der Waals surface area contributed by atoms with Gasteiger partial charge >= 0.3 is 12.1 Å². The van der Waals surface area contributed by atoms with Crippen molar-refractivity contribution in [2.75, 3.05) is 6.54 Å². The first kappa shape index (κ1) is 16.3. The summed E-state index contributed by atoms with van der Waals surface area (Å²) in [7, 11) is 0. The second-order valence-electron chi connectivity index (χ2n) is 5.36. The van der Waals surface area contributed by atoms with E-state index in [4.69, 9.17) is 5.11 Å². The molecule has 1 aromatic rings. The van der Waals surface area contributed by atoms with Gasteiger partial charge in [-0.05, 0) is 30.4 Å². The van der Waals surface area contributed by atoms with Crippen molar-refractivity contribution in [1.29, 1.82) is 0 Å². The molecule has 22 heavy (non-hydrogen) atoms. The molecule has 0 radical (unpaired) electrons. The molecule has 1 aromatic carbocycles. The van der Waals surface area contributed by atoms with Crippen LogP contribution in [0.3, 0.4) is 0 Å². The minimum absolute atomic E-state index is 0.0258. The molecule has 120 valence electrons. The van der Waals surface area contributed by atoms with Crippen LogP contribution in [0.2, 0.25) is 0 Å². The smallest absolute Gasteiger partial charge is 0.416 e. The number of nitrogens with one attached hydrogen (secondary N) is 1. The third kappa shape index (κ3) is 4.22. The van der Waals surface area contributed by atoms with E-state index in [1.165, 1.54) is 6.07 Å². The largest absolute Gasteiger partial charge is 0.481 e. The molecule has 0 spiro atoms. The number of amides is 1. The van der Waals surface area contributed by atoms with E-state index in [1.807, 2.05) is 0 Å². The van der Waals surface area contributed by atoms with Crippen LogP contribution in [-0.2, 0) is 15.8 Å². The number of carboxylic acids is 1. The fraction of sp³-hybridized carbons (Fsp3) is 0.467. The van der Waals surface area contributed by atoms with Crippen molar-refractivity contribution in [2.45, 2.75) is 31.4 Å². The molecule has 1 aliphatic carbocycles. The van der Waals surface area contributed by atoms with Crippen LogP contribution in [0.5, 0.6) is 0 Å². The first-order chi connectivity index (χ1) is 10.3. The van der Waals surface area contributed by atoms with E-state index in [2.05, 4.69) is 5.32 Å². The molecule has 0 saturated heterocycles. The van der Waals surface area contributed by atoms with E-state index in [0.717, 1.165) is 12.1 Å². The molecule has 1 fully saturated rings. The summed E-state index contributed by atoms with van der Waals surface area (Å²) in [6.07, 6.45) is -3.56. The predicted molar refractivity (Wildman–Crippen MR) is 72.2 cm³/mol. The zero-order valence-corrected chi connectivity index (χ0v) is 11.7. The zero-order valence-electron chi connectivity index (χ0n) is 11.7. The average molecular weight is 315 g/mol. The Labute approximate surface area is 125 Å². The van der Waals surface area contributed by atoms with Gasteiger partial charge in [-0.1, -0.05) is 18.2 Å². The number of aliphatic carboxylic acids is 1. The van der Waals surface area contributed by atoms with Crippen LogP contribution in [0, 0.1) is 5.92 Å². The topological polar surface area (TPSA) is 66.4 Å². The van der Waals surface area contributed by atoms with Gasteiger partial charge in [0.2, 0.25) is 5.91 Å². The van der Waals surface area contributed by atoms with Crippen LogP contribution in [0.4, 0.5) is 13.2 Å². The number of hydrogen-bond acceptors (Lipinski definition) is 2. The molecule has 7 heteroatoms. The van der Waals surface area contributed by atoms with Crippen molar-refractivity contribution < 1.29 is 27.9 Å². The van der Waals surface area contributed by atoms with Gasteiger partial charge in [0, 0.05) is 18.9 Å². The summed E-state index contributed by atoms with van der Waals surface area (Å²) in [6.45, 7) is 0.261. The Kier molecular flexibility index (Phi) is 4.73. The molecule has 0 aromatic heterocycles. The molecule has 1 aliphatic rings. The number of hydrogen-bond donors (Lipinski definition) is 2. The molecule has 4 nitrogen and oxygen atoms in total. The Morgan fingerprint density at radius 3 is 2.68 bits per heavy atom. The Bertz CT molecular complexity index is 571. The van der Waals surface area contributed by atoms with Crippen LogP contribution in [0.1, 0.15) is 36.3 Å².